The summed E-state index contributed by atoms with van der Waals surface area (Å²) in [5, 5.41) is 21.3. The van der Waals surface area contributed by atoms with Crippen LogP contribution in [0.15, 0.2) is 30.5 Å². The van der Waals surface area contributed by atoms with Crippen molar-refractivity contribution in [3.05, 3.63) is 36.0 Å². The van der Waals surface area contributed by atoms with Gasteiger partial charge in [-0.3, -0.25) is 9.78 Å². The van der Waals surface area contributed by atoms with Crippen molar-refractivity contribution in [2.45, 2.75) is 63.9 Å². The Morgan fingerprint density at radius 1 is 1.18 bits per heavy atom. The molecule has 2 aromatic rings. The fourth-order valence-electron chi connectivity index (χ4n) is 5.61. The highest BCUT2D eigenvalue weighted by atomic mass is 16.5. The number of aliphatic hydroxyl groups excluding tert-OH is 1. The molecular weight excluding hydrogens is 416 g/mol. The molecule has 6 nitrogen and oxygen atoms in total. The molecule has 33 heavy (non-hydrogen) atoms. The minimum Gasteiger partial charge on any atom is -0.497 e. The van der Waals surface area contributed by atoms with Crippen LogP contribution in [0.25, 0.3) is 10.9 Å². The van der Waals surface area contributed by atoms with Crippen LogP contribution in [0.3, 0.4) is 0 Å². The lowest BCUT2D eigenvalue weighted by Gasteiger charge is -2.40. The average molecular weight is 455 g/mol. The van der Waals surface area contributed by atoms with E-state index in [2.05, 4.69) is 9.88 Å². The number of aliphatic hydroxyl groups is 1. The molecule has 1 aliphatic carbocycles. The van der Waals surface area contributed by atoms with Gasteiger partial charge >= 0.3 is 5.97 Å². The van der Waals surface area contributed by atoms with Crippen LogP contribution in [-0.2, 0) is 4.79 Å². The van der Waals surface area contributed by atoms with Crippen LogP contribution in [0.4, 0.5) is 0 Å². The third-order valence-electron chi connectivity index (χ3n) is 7.94. The second-order valence-corrected chi connectivity index (χ2v) is 10.0. The largest absolute Gasteiger partial charge is 0.497 e. The Morgan fingerprint density at radius 3 is 2.76 bits per heavy atom. The summed E-state index contributed by atoms with van der Waals surface area (Å²) in [6.07, 6.45) is 10.3. The Balaban J connectivity index is 1.38. The first-order chi connectivity index (χ1) is 16.0. The highest BCUT2D eigenvalue weighted by molar-refractivity contribution is 5.83. The van der Waals surface area contributed by atoms with E-state index in [4.69, 9.17) is 4.74 Å². The average Bonchev–Trinajstić information content (AvgIpc) is 2.80. The van der Waals surface area contributed by atoms with Crippen molar-refractivity contribution in [2.24, 2.45) is 17.8 Å². The van der Waals surface area contributed by atoms with E-state index in [1.165, 1.54) is 25.7 Å². The number of hydrogen-bond donors (Lipinski definition) is 2. The van der Waals surface area contributed by atoms with Crippen LogP contribution < -0.4 is 4.74 Å². The van der Waals surface area contributed by atoms with Gasteiger partial charge in [0.25, 0.3) is 0 Å². The smallest absolute Gasteiger partial charge is 0.303 e. The van der Waals surface area contributed by atoms with Gasteiger partial charge in [-0.25, -0.2) is 0 Å². The Kier molecular flexibility index (Phi) is 8.20. The number of aliphatic carboxylic acids is 1. The maximum absolute atomic E-state index is 11.2. The first kappa shape index (κ1) is 24.0. The second kappa shape index (κ2) is 11.3. The molecule has 1 saturated carbocycles. The predicted molar refractivity (Wildman–Crippen MR) is 129 cm³/mol. The normalized spacial score (nSPS) is 22.7. The number of piperidine rings is 1. The molecule has 3 atom stereocenters. The predicted octanol–water partition coefficient (Wildman–Crippen LogP) is 5.05. The van der Waals surface area contributed by atoms with E-state index in [0.29, 0.717) is 18.3 Å². The molecule has 2 heterocycles. The van der Waals surface area contributed by atoms with Gasteiger partial charge in [0.15, 0.2) is 0 Å². The zero-order chi connectivity index (χ0) is 23.2. The highest BCUT2D eigenvalue weighted by Gasteiger charge is 2.30. The van der Waals surface area contributed by atoms with Crippen LogP contribution in [0, 0.1) is 17.8 Å². The van der Waals surface area contributed by atoms with Crippen LogP contribution in [-0.4, -0.2) is 52.8 Å². The monoisotopic (exact) mass is 454 g/mol. The van der Waals surface area contributed by atoms with Gasteiger partial charge in [-0.1, -0.05) is 19.3 Å². The number of pyridine rings is 1. The third-order valence-corrected chi connectivity index (χ3v) is 7.94. The van der Waals surface area contributed by atoms with E-state index in [0.717, 1.165) is 67.0 Å². The molecule has 1 aromatic carbocycles. The summed E-state index contributed by atoms with van der Waals surface area (Å²) in [6, 6.07) is 7.65. The van der Waals surface area contributed by atoms with Gasteiger partial charge in [-0.15, -0.1) is 0 Å². The van der Waals surface area contributed by atoms with E-state index in [1.807, 2.05) is 24.3 Å². The topological polar surface area (TPSA) is 82.9 Å². The molecule has 4 rings (SSSR count). The van der Waals surface area contributed by atoms with Crippen molar-refractivity contribution in [3.63, 3.8) is 0 Å². The summed E-state index contributed by atoms with van der Waals surface area (Å²) < 4.78 is 5.37. The lowest BCUT2D eigenvalue weighted by Crippen LogP contribution is -2.41. The maximum Gasteiger partial charge on any atom is 0.303 e. The number of likely N-dealkylation sites (tertiary alicyclic amines) is 1. The summed E-state index contributed by atoms with van der Waals surface area (Å²) in [4.78, 5) is 18.2. The minimum atomic E-state index is -0.711. The molecular formula is C27H38N2O4. The van der Waals surface area contributed by atoms with Crippen molar-refractivity contribution in [1.82, 2.24) is 9.88 Å². The number of ether oxygens (including phenoxy) is 1. The molecule has 0 spiro atoms. The summed E-state index contributed by atoms with van der Waals surface area (Å²) in [5.41, 5.74) is 1.74. The van der Waals surface area contributed by atoms with Gasteiger partial charge < -0.3 is 19.8 Å². The van der Waals surface area contributed by atoms with E-state index < -0.39 is 12.1 Å². The van der Waals surface area contributed by atoms with Gasteiger partial charge in [0.05, 0.1) is 18.7 Å². The number of hydrogen-bond acceptors (Lipinski definition) is 5. The van der Waals surface area contributed by atoms with Crippen molar-refractivity contribution in [1.29, 1.82) is 0 Å². The Labute approximate surface area is 197 Å². The summed E-state index contributed by atoms with van der Waals surface area (Å²) in [5.74, 6) is 1.80. The summed E-state index contributed by atoms with van der Waals surface area (Å²) in [7, 11) is 1.64. The SMILES string of the molecule is COc1ccc2nccc(C(O)CC[C@@H]3CCN(CCC4CCC4)C[C@@H]3CCC(=O)O)c2c1. The van der Waals surface area contributed by atoms with Crippen LogP contribution in [0.5, 0.6) is 5.75 Å². The van der Waals surface area contributed by atoms with Crippen molar-refractivity contribution < 1.29 is 19.7 Å². The number of methoxy groups -OCH3 is 1. The molecule has 1 unspecified atom stereocenters. The van der Waals surface area contributed by atoms with Gasteiger partial charge in [0, 0.05) is 24.5 Å². The number of aromatic nitrogens is 1. The van der Waals surface area contributed by atoms with E-state index in [-0.39, 0.29) is 6.42 Å². The zero-order valence-corrected chi connectivity index (χ0v) is 19.8. The molecule has 0 bridgehead atoms. The van der Waals surface area contributed by atoms with E-state index in [1.54, 1.807) is 13.3 Å². The molecule has 2 N–H and O–H groups in total. The second-order valence-electron chi connectivity index (χ2n) is 10.0. The van der Waals surface area contributed by atoms with E-state index >= 15 is 0 Å². The summed E-state index contributed by atoms with van der Waals surface area (Å²) in [6.45, 7) is 3.23. The lowest BCUT2D eigenvalue weighted by molar-refractivity contribution is -0.137. The number of carbonyl (C=O) groups is 1. The summed E-state index contributed by atoms with van der Waals surface area (Å²) >= 11 is 0. The first-order valence-corrected chi connectivity index (χ1v) is 12.6. The Hall–Kier alpha value is -2.18. The fourth-order valence-corrected chi connectivity index (χ4v) is 5.61. The van der Waals surface area contributed by atoms with Crippen LogP contribution in [0.2, 0.25) is 0 Å². The van der Waals surface area contributed by atoms with Crippen molar-refractivity contribution in [2.75, 3.05) is 26.7 Å². The van der Waals surface area contributed by atoms with Crippen molar-refractivity contribution >= 4 is 16.9 Å². The number of rotatable bonds is 11. The molecule has 1 aromatic heterocycles. The molecule has 180 valence electrons. The number of carboxylic acids is 1. The van der Waals surface area contributed by atoms with Gasteiger partial charge in [-0.2, -0.15) is 0 Å². The quantitative estimate of drug-likeness (QED) is 0.494. The van der Waals surface area contributed by atoms with Gasteiger partial charge in [0.1, 0.15) is 5.75 Å². The lowest BCUT2D eigenvalue weighted by atomic mass is 9.78. The van der Waals surface area contributed by atoms with Gasteiger partial charge in [0.2, 0.25) is 0 Å². The Bertz CT molecular complexity index is 929. The van der Waals surface area contributed by atoms with Crippen molar-refractivity contribution in [3.8, 4) is 5.75 Å². The van der Waals surface area contributed by atoms with Crippen LogP contribution in [0.1, 0.15) is 69.5 Å². The van der Waals surface area contributed by atoms with Gasteiger partial charge in [-0.05, 0) is 92.8 Å². The fraction of sp³-hybridized carbons (Fsp3) is 0.630. The standard InChI is InChI=1S/C27H38N2O4/c1-33-22-7-8-25-24(17-22)23(11-14-28-25)26(30)9-5-20-13-16-29(15-12-19-3-2-4-19)18-21(20)6-10-27(31)32/h7-8,11,14,17,19-21,26,30H,2-6,9-10,12-13,15-16,18H2,1H3,(H,31,32)/t20-,21+,26?/m1/s1. The maximum atomic E-state index is 11.2. The third kappa shape index (κ3) is 6.24. The molecule has 0 radical (unpaired) electrons. The number of carboxylic acid groups (broad SMARTS) is 1. The molecule has 6 heteroatoms. The number of nitrogens with zero attached hydrogens (tertiary/aromatic N) is 2. The van der Waals surface area contributed by atoms with Crippen LogP contribution >= 0.6 is 0 Å². The first-order valence-electron chi connectivity index (χ1n) is 12.6. The number of fused-ring (bicyclic) bond motifs is 1. The molecule has 0 amide bonds. The minimum absolute atomic E-state index is 0.231. The highest BCUT2D eigenvalue weighted by Crippen LogP contribution is 2.36. The zero-order valence-electron chi connectivity index (χ0n) is 19.8. The molecule has 2 fully saturated rings. The Morgan fingerprint density at radius 2 is 2.03 bits per heavy atom. The van der Waals surface area contributed by atoms with E-state index in [9.17, 15) is 15.0 Å². The number of benzene rings is 1. The molecule has 1 aliphatic heterocycles. The molecule has 2 aliphatic rings. The molecule has 1 saturated heterocycles.